The molecule has 0 aliphatic heterocycles. The van der Waals surface area contributed by atoms with Crippen LogP contribution in [0.1, 0.15) is 4.11 Å². The van der Waals surface area contributed by atoms with Gasteiger partial charge in [-0.2, -0.15) is 5.10 Å². The summed E-state index contributed by atoms with van der Waals surface area (Å²) in [6, 6.07) is 2.48. The molecule has 5 nitrogen and oxygen atoms in total. The molecule has 1 aromatic carbocycles. The Morgan fingerprint density at radius 1 is 1.71 bits per heavy atom. The highest BCUT2D eigenvalue weighted by Crippen LogP contribution is 2.28. The zero-order chi connectivity index (χ0) is 12.8. The highest BCUT2D eigenvalue weighted by molar-refractivity contribution is 6.33. The van der Waals surface area contributed by atoms with Crippen molar-refractivity contribution in [2.75, 3.05) is 0 Å². The molecular formula is C8H6ClN3O2. The van der Waals surface area contributed by atoms with E-state index in [1.54, 1.807) is 0 Å². The van der Waals surface area contributed by atoms with E-state index in [9.17, 15) is 10.1 Å². The quantitative estimate of drug-likeness (QED) is 0.540. The molecule has 0 saturated carbocycles. The highest BCUT2D eigenvalue weighted by Gasteiger charge is 2.14. The van der Waals surface area contributed by atoms with Crippen molar-refractivity contribution >= 4 is 28.2 Å². The molecule has 0 spiro atoms. The van der Waals surface area contributed by atoms with Crippen LogP contribution in [0.4, 0.5) is 5.69 Å². The van der Waals surface area contributed by atoms with Gasteiger partial charge in [-0.05, 0) is 6.07 Å². The molecule has 0 amide bonds. The lowest BCUT2D eigenvalue weighted by molar-refractivity contribution is -0.384. The lowest BCUT2D eigenvalue weighted by atomic mass is 10.2. The first kappa shape index (κ1) is 5.98. The first-order valence-electron chi connectivity index (χ1n) is 5.13. The minimum absolute atomic E-state index is 0.0710. The molecular weight excluding hydrogens is 206 g/mol. The van der Waals surface area contributed by atoms with E-state index < -0.39 is 11.9 Å². The number of nitrogens with zero attached hydrogens (tertiary/aromatic N) is 3. The highest BCUT2D eigenvalue weighted by atomic mass is 35.5. The third-order valence-corrected chi connectivity index (χ3v) is 2.07. The summed E-state index contributed by atoms with van der Waals surface area (Å²) in [6.07, 6.45) is 1.23. The van der Waals surface area contributed by atoms with Gasteiger partial charge in [0.25, 0.3) is 5.69 Å². The van der Waals surface area contributed by atoms with Crippen molar-refractivity contribution < 1.29 is 9.04 Å². The van der Waals surface area contributed by atoms with Gasteiger partial charge in [-0.1, -0.05) is 11.6 Å². The Bertz CT molecular complexity index is 608. The van der Waals surface area contributed by atoms with Crippen LogP contribution >= 0.6 is 11.6 Å². The number of hydrogen-bond donors (Lipinski definition) is 0. The van der Waals surface area contributed by atoms with Crippen molar-refractivity contribution in [3.63, 3.8) is 0 Å². The molecule has 6 heteroatoms. The Balaban J connectivity index is 2.67. The number of nitro benzene ring substituents is 1. The summed E-state index contributed by atoms with van der Waals surface area (Å²) in [5.41, 5.74) is 0.0287. The van der Waals surface area contributed by atoms with Crippen LogP contribution < -0.4 is 0 Å². The summed E-state index contributed by atoms with van der Waals surface area (Å²) >= 11 is 5.69. The number of rotatable bonds is 1. The standard InChI is InChI=1S/C8H6ClN3O2/c1-11-4-5-2-8(12(13)14)6(9)3-7(5)10-11/h2-4H,1H3/i1D3. The Hall–Kier alpha value is -1.62. The summed E-state index contributed by atoms with van der Waals surface area (Å²) in [4.78, 5) is 10.0. The first-order chi connectivity index (χ1) is 7.79. The molecule has 0 unspecified atom stereocenters. The van der Waals surface area contributed by atoms with Crippen molar-refractivity contribution in [2.45, 2.75) is 0 Å². The number of hydrogen-bond acceptors (Lipinski definition) is 3. The van der Waals surface area contributed by atoms with Crippen LogP contribution in [-0.4, -0.2) is 14.7 Å². The number of fused-ring (bicyclic) bond motifs is 1. The van der Waals surface area contributed by atoms with Crippen LogP contribution in [0.25, 0.3) is 10.9 Å². The van der Waals surface area contributed by atoms with Crippen LogP contribution in [0.15, 0.2) is 18.3 Å². The number of nitro groups is 1. The molecule has 0 atom stereocenters. The zero-order valence-electron chi connectivity index (χ0n) is 9.77. The average Bonchev–Trinajstić information content (AvgIpc) is 2.58. The van der Waals surface area contributed by atoms with E-state index in [2.05, 4.69) is 5.10 Å². The van der Waals surface area contributed by atoms with Gasteiger partial charge in [-0.25, -0.2) is 0 Å². The van der Waals surface area contributed by atoms with Gasteiger partial charge in [0.05, 0.1) is 10.4 Å². The summed E-state index contributed by atoms with van der Waals surface area (Å²) in [6.45, 7) is -2.42. The summed E-state index contributed by atoms with van der Waals surface area (Å²) in [5.74, 6) is 0. The van der Waals surface area contributed by atoms with E-state index in [1.807, 2.05) is 0 Å². The number of aryl methyl sites for hydroxylation is 1. The van der Waals surface area contributed by atoms with Crippen LogP contribution in [0, 0.1) is 10.1 Å². The van der Waals surface area contributed by atoms with Crippen LogP contribution in [-0.2, 0) is 6.98 Å². The molecule has 0 N–H and O–H groups in total. The van der Waals surface area contributed by atoms with E-state index >= 15 is 0 Å². The second-order valence-corrected chi connectivity index (χ2v) is 3.10. The maximum atomic E-state index is 10.7. The minimum atomic E-state index is -2.42. The van der Waals surface area contributed by atoms with Crippen molar-refractivity contribution in [3.8, 4) is 0 Å². The van der Waals surface area contributed by atoms with E-state index in [1.165, 1.54) is 18.3 Å². The fraction of sp³-hybridized carbons (Fsp3) is 0.125. The maximum Gasteiger partial charge on any atom is 0.288 e. The summed E-state index contributed by atoms with van der Waals surface area (Å²) < 4.78 is 22.3. The number of benzene rings is 1. The van der Waals surface area contributed by atoms with Crippen LogP contribution in [0.2, 0.25) is 5.02 Å². The molecule has 0 bridgehead atoms. The van der Waals surface area contributed by atoms with E-state index in [-0.39, 0.29) is 10.7 Å². The number of aromatic nitrogens is 2. The zero-order valence-corrected chi connectivity index (χ0v) is 7.52. The molecule has 1 aromatic heterocycles. The third-order valence-electron chi connectivity index (χ3n) is 1.77. The van der Waals surface area contributed by atoms with Crippen molar-refractivity contribution in [3.05, 3.63) is 33.5 Å². The molecule has 0 aliphatic rings. The second kappa shape index (κ2) is 2.95. The van der Waals surface area contributed by atoms with Gasteiger partial charge in [-0.3, -0.25) is 14.8 Å². The minimum Gasteiger partial charge on any atom is -0.275 e. The maximum absolute atomic E-state index is 10.7. The largest absolute Gasteiger partial charge is 0.288 e. The van der Waals surface area contributed by atoms with Gasteiger partial charge in [0, 0.05) is 28.7 Å². The molecule has 2 rings (SSSR count). The molecule has 72 valence electrons. The summed E-state index contributed by atoms with van der Waals surface area (Å²) in [7, 11) is 0. The van der Waals surface area contributed by atoms with Crippen molar-refractivity contribution in [2.24, 2.45) is 6.98 Å². The van der Waals surface area contributed by atoms with Gasteiger partial charge in [0.15, 0.2) is 0 Å². The normalized spacial score (nSPS) is 14.8. The number of halogens is 1. The second-order valence-electron chi connectivity index (χ2n) is 2.69. The van der Waals surface area contributed by atoms with Gasteiger partial charge < -0.3 is 0 Å². The first-order valence-corrected chi connectivity index (χ1v) is 4.00. The fourth-order valence-corrected chi connectivity index (χ4v) is 1.40. The lowest BCUT2D eigenvalue weighted by Crippen LogP contribution is -1.88. The lowest BCUT2D eigenvalue weighted by Gasteiger charge is -1.93. The predicted molar refractivity (Wildman–Crippen MR) is 52.4 cm³/mol. The Morgan fingerprint density at radius 2 is 2.50 bits per heavy atom. The van der Waals surface area contributed by atoms with Crippen molar-refractivity contribution in [1.29, 1.82) is 0 Å². The van der Waals surface area contributed by atoms with Crippen LogP contribution in [0.3, 0.4) is 0 Å². The Morgan fingerprint density at radius 3 is 3.14 bits per heavy atom. The summed E-state index contributed by atoms with van der Waals surface area (Å²) in [5, 5.41) is 14.7. The van der Waals surface area contributed by atoms with E-state index in [0.29, 0.717) is 10.9 Å². The van der Waals surface area contributed by atoms with E-state index in [0.717, 1.165) is 4.68 Å². The SMILES string of the molecule is [2H]C([2H])([2H])n1cc2cc([N+](=O)[O-])c(Cl)cc2n1. The van der Waals surface area contributed by atoms with E-state index in [4.69, 9.17) is 15.7 Å². The fourth-order valence-electron chi connectivity index (χ4n) is 1.17. The average molecular weight is 215 g/mol. The molecule has 0 saturated heterocycles. The molecule has 0 aliphatic carbocycles. The molecule has 0 fully saturated rings. The van der Waals surface area contributed by atoms with Gasteiger partial charge in [0.2, 0.25) is 0 Å². The monoisotopic (exact) mass is 214 g/mol. The Kier molecular flexibility index (Phi) is 1.26. The smallest absolute Gasteiger partial charge is 0.275 e. The molecule has 14 heavy (non-hydrogen) atoms. The third kappa shape index (κ3) is 1.31. The molecule has 0 radical (unpaired) electrons. The van der Waals surface area contributed by atoms with Crippen LogP contribution in [0.5, 0.6) is 0 Å². The molecule has 1 heterocycles. The van der Waals surface area contributed by atoms with Gasteiger partial charge in [0.1, 0.15) is 5.02 Å². The van der Waals surface area contributed by atoms with Gasteiger partial charge in [-0.15, -0.1) is 0 Å². The van der Waals surface area contributed by atoms with Gasteiger partial charge >= 0.3 is 0 Å². The molecule has 2 aromatic rings. The van der Waals surface area contributed by atoms with Crippen molar-refractivity contribution in [1.82, 2.24) is 9.78 Å². The Labute approximate surface area is 88.3 Å². The topological polar surface area (TPSA) is 61.0 Å². The predicted octanol–water partition coefficient (Wildman–Crippen LogP) is 2.13.